The number of methoxy groups -OCH3 is 1. The maximum Gasteiger partial charge on any atom is 0.367 e. The molecular formula is C15H12N2O3S. The van der Waals surface area contributed by atoms with E-state index in [2.05, 4.69) is 14.7 Å². The molecule has 6 heteroatoms. The topological polar surface area (TPSA) is 61.3 Å². The molecule has 0 spiro atoms. The lowest BCUT2D eigenvalue weighted by molar-refractivity contribution is 0.0600. The highest BCUT2D eigenvalue weighted by atomic mass is 32.1. The summed E-state index contributed by atoms with van der Waals surface area (Å²) in [6.45, 7) is 2.01. The highest BCUT2D eigenvalue weighted by molar-refractivity contribution is 7.20. The molecule has 0 N–H and O–H groups in total. The van der Waals surface area contributed by atoms with Crippen molar-refractivity contribution in [2.45, 2.75) is 6.92 Å². The Morgan fingerprint density at radius 3 is 2.67 bits per heavy atom. The van der Waals surface area contributed by atoms with E-state index in [0.29, 0.717) is 17.1 Å². The van der Waals surface area contributed by atoms with E-state index < -0.39 is 5.97 Å². The van der Waals surface area contributed by atoms with Crippen molar-refractivity contribution in [1.29, 1.82) is 0 Å². The third kappa shape index (κ3) is 2.71. The molecule has 0 fully saturated rings. The lowest BCUT2D eigenvalue weighted by Gasteiger charge is -2.05. The van der Waals surface area contributed by atoms with Crippen LogP contribution in [0.4, 0.5) is 0 Å². The van der Waals surface area contributed by atoms with E-state index in [-0.39, 0.29) is 5.01 Å². The molecule has 0 aliphatic heterocycles. The SMILES string of the molecule is COC(=O)c1nc2ccnc(Oc3ccc(C)cc3)c2s1. The van der Waals surface area contributed by atoms with Gasteiger partial charge in [0.05, 0.1) is 12.6 Å². The van der Waals surface area contributed by atoms with Crippen LogP contribution in [0.1, 0.15) is 15.4 Å². The number of thiazole rings is 1. The average Bonchev–Trinajstić information content (AvgIpc) is 2.94. The van der Waals surface area contributed by atoms with Crippen molar-refractivity contribution in [3.63, 3.8) is 0 Å². The summed E-state index contributed by atoms with van der Waals surface area (Å²) >= 11 is 1.21. The summed E-state index contributed by atoms with van der Waals surface area (Å²) in [4.78, 5) is 20.0. The number of pyridine rings is 1. The standard InChI is InChI=1S/C15H12N2O3S/c1-9-3-5-10(6-4-9)20-13-12-11(7-8-16-13)17-14(21-12)15(18)19-2/h3-8H,1-2H3. The molecule has 106 valence electrons. The average molecular weight is 300 g/mol. The zero-order valence-corrected chi connectivity index (χ0v) is 12.3. The summed E-state index contributed by atoms with van der Waals surface area (Å²) in [6.07, 6.45) is 1.60. The van der Waals surface area contributed by atoms with Gasteiger partial charge in [0.15, 0.2) is 0 Å². The van der Waals surface area contributed by atoms with E-state index in [1.54, 1.807) is 12.3 Å². The Morgan fingerprint density at radius 2 is 1.95 bits per heavy atom. The lowest BCUT2D eigenvalue weighted by Crippen LogP contribution is -1.99. The maximum atomic E-state index is 11.6. The van der Waals surface area contributed by atoms with Gasteiger partial charge in [-0.3, -0.25) is 0 Å². The fourth-order valence-electron chi connectivity index (χ4n) is 1.80. The van der Waals surface area contributed by atoms with E-state index in [0.717, 1.165) is 10.3 Å². The van der Waals surface area contributed by atoms with Crippen LogP contribution < -0.4 is 4.74 Å². The monoisotopic (exact) mass is 300 g/mol. The fourth-order valence-corrected chi connectivity index (χ4v) is 2.70. The molecule has 2 heterocycles. The molecule has 1 aromatic carbocycles. The number of carbonyl (C=O) groups excluding carboxylic acids is 1. The van der Waals surface area contributed by atoms with Gasteiger partial charge in [-0.05, 0) is 25.1 Å². The van der Waals surface area contributed by atoms with Gasteiger partial charge in [0.2, 0.25) is 10.9 Å². The van der Waals surface area contributed by atoms with Gasteiger partial charge >= 0.3 is 5.97 Å². The molecule has 0 aliphatic rings. The summed E-state index contributed by atoms with van der Waals surface area (Å²) in [5, 5.41) is 0.286. The van der Waals surface area contributed by atoms with Gasteiger partial charge in [-0.25, -0.2) is 14.8 Å². The van der Waals surface area contributed by atoms with Crippen LogP contribution in [0.3, 0.4) is 0 Å². The molecule has 0 bridgehead atoms. The summed E-state index contributed by atoms with van der Waals surface area (Å²) in [6, 6.07) is 9.40. The third-order valence-electron chi connectivity index (χ3n) is 2.87. The Labute approximate surface area is 125 Å². The van der Waals surface area contributed by atoms with Gasteiger partial charge in [0.25, 0.3) is 0 Å². The first-order valence-corrected chi connectivity index (χ1v) is 7.07. The molecule has 5 nitrogen and oxygen atoms in total. The minimum atomic E-state index is -0.461. The molecule has 3 rings (SSSR count). The summed E-state index contributed by atoms with van der Waals surface area (Å²) < 4.78 is 11.2. The summed E-state index contributed by atoms with van der Waals surface area (Å²) in [5.74, 6) is 0.662. The van der Waals surface area contributed by atoms with Crippen LogP contribution in [0.15, 0.2) is 36.5 Å². The molecule has 3 aromatic rings. The van der Waals surface area contributed by atoms with Crippen molar-refractivity contribution in [1.82, 2.24) is 9.97 Å². The number of aromatic nitrogens is 2. The number of nitrogens with zero attached hydrogens (tertiary/aromatic N) is 2. The van der Waals surface area contributed by atoms with E-state index in [4.69, 9.17) is 4.74 Å². The first kappa shape index (κ1) is 13.5. The molecular weight excluding hydrogens is 288 g/mol. The quantitative estimate of drug-likeness (QED) is 0.692. The largest absolute Gasteiger partial charge is 0.464 e. The first-order chi connectivity index (χ1) is 10.2. The van der Waals surface area contributed by atoms with Crippen molar-refractivity contribution in [3.05, 3.63) is 47.1 Å². The van der Waals surface area contributed by atoms with Crippen LogP contribution in [-0.2, 0) is 4.74 Å². The number of hydrogen-bond acceptors (Lipinski definition) is 6. The summed E-state index contributed by atoms with van der Waals surface area (Å²) in [7, 11) is 1.33. The second-order valence-electron chi connectivity index (χ2n) is 4.39. The third-order valence-corrected chi connectivity index (χ3v) is 3.91. The Bertz CT molecular complexity index is 796. The second kappa shape index (κ2) is 5.49. The predicted octanol–water partition coefficient (Wildman–Crippen LogP) is 3.58. The number of aryl methyl sites for hydroxylation is 1. The van der Waals surface area contributed by atoms with Crippen LogP contribution in [-0.4, -0.2) is 23.0 Å². The molecule has 0 amide bonds. The molecule has 0 atom stereocenters. The molecule has 0 saturated heterocycles. The smallest absolute Gasteiger partial charge is 0.367 e. The Morgan fingerprint density at radius 1 is 1.19 bits per heavy atom. The normalized spacial score (nSPS) is 10.6. The van der Waals surface area contributed by atoms with E-state index in [9.17, 15) is 4.79 Å². The van der Waals surface area contributed by atoms with Crippen molar-refractivity contribution < 1.29 is 14.3 Å². The highest BCUT2D eigenvalue weighted by Crippen LogP contribution is 2.32. The first-order valence-electron chi connectivity index (χ1n) is 6.26. The van der Waals surface area contributed by atoms with Gasteiger partial charge in [-0.15, -0.1) is 11.3 Å². The van der Waals surface area contributed by atoms with Gasteiger partial charge in [0.1, 0.15) is 10.4 Å². The maximum absolute atomic E-state index is 11.6. The minimum Gasteiger partial charge on any atom is -0.464 e. The summed E-state index contributed by atoms with van der Waals surface area (Å²) in [5.41, 5.74) is 1.82. The van der Waals surface area contributed by atoms with Crippen LogP contribution >= 0.6 is 11.3 Å². The van der Waals surface area contributed by atoms with Gasteiger partial charge in [0, 0.05) is 6.20 Å². The number of benzene rings is 1. The molecule has 2 aromatic heterocycles. The minimum absolute atomic E-state index is 0.286. The van der Waals surface area contributed by atoms with Crippen LogP contribution in [0.2, 0.25) is 0 Å². The number of fused-ring (bicyclic) bond motifs is 1. The molecule has 0 unspecified atom stereocenters. The number of carbonyl (C=O) groups is 1. The zero-order valence-electron chi connectivity index (χ0n) is 11.5. The number of ether oxygens (including phenoxy) is 2. The zero-order chi connectivity index (χ0) is 14.8. The van der Waals surface area contributed by atoms with E-state index in [1.165, 1.54) is 18.4 Å². The van der Waals surface area contributed by atoms with Crippen molar-refractivity contribution in [3.8, 4) is 11.6 Å². The van der Waals surface area contributed by atoms with Gasteiger partial charge in [-0.1, -0.05) is 17.7 Å². The van der Waals surface area contributed by atoms with Crippen molar-refractivity contribution >= 4 is 27.5 Å². The molecule has 0 radical (unpaired) electrons. The number of rotatable bonds is 3. The van der Waals surface area contributed by atoms with E-state index >= 15 is 0 Å². The Kier molecular flexibility index (Phi) is 3.53. The van der Waals surface area contributed by atoms with Gasteiger partial charge < -0.3 is 9.47 Å². The van der Waals surface area contributed by atoms with Crippen LogP contribution in [0.25, 0.3) is 10.2 Å². The molecule has 21 heavy (non-hydrogen) atoms. The van der Waals surface area contributed by atoms with Crippen LogP contribution in [0, 0.1) is 6.92 Å². The van der Waals surface area contributed by atoms with Gasteiger partial charge in [-0.2, -0.15) is 0 Å². The molecule has 0 saturated carbocycles. The predicted molar refractivity (Wildman–Crippen MR) is 80.0 cm³/mol. The fraction of sp³-hybridized carbons (Fsp3) is 0.133. The number of hydrogen-bond donors (Lipinski definition) is 0. The van der Waals surface area contributed by atoms with Crippen molar-refractivity contribution in [2.24, 2.45) is 0 Å². The van der Waals surface area contributed by atoms with Crippen molar-refractivity contribution in [2.75, 3.05) is 7.11 Å². The van der Waals surface area contributed by atoms with E-state index in [1.807, 2.05) is 31.2 Å². The molecule has 0 aliphatic carbocycles. The second-order valence-corrected chi connectivity index (χ2v) is 5.39. The Balaban J connectivity index is 2.00. The van der Waals surface area contributed by atoms with Crippen LogP contribution in [0.5, 0.6) is 11.6 Å². The Hall–Kier alpha value is -2.47. The highest BCUT2D eigenvalue weighted by Gasteiger charge is 2.16. The number of esters is 1. The lowest BCUT2D eigenvalue weighted by atomic mass is 10.2.